The summed E-state index contributed by atoms with van der Waals surface area (Å²) in [5, 5.41) is 0. The van der Waals surface area contributed by atoms with Crippen molar-refractivity contribution >= 4 is 16.8 Å². The second kappa shape index (κ2) is 4.18. The van der Waals surface area contributed by atoms with Gasteiger partial charge in [-0.15, -0.1) is 0 Å². The van der Waals surface area contributed by atoms with Crippen molar-refractivity contribution in [3.8, 4) is 0 Å². The molecule has 5 nitrogen and oxygen atoms in total. The van der Waals surface area contributed by atoms with Crippen LogP contribution in [0.2, 0.25) is 0 Å². The highest BCUT2D eigenvalue weighted by molar-refractivity contribution is 5.85. The molecule has 0 saturated heterocycles. The molecule has 0 fully saturated rings. The fourth-order valence-electron chi connectivity index (χ4n) is 2.12. The summed E-state index contributed by atoms with van der Waals surface area (Å²) in [5.41, 5.74) is 2.12. The van der Waals surface area contributed by atoms with E-state index in [1.807, 2.05) is 37.2 Å². The molecular formula is C12H15N3O2. The van der Waals surface area contributed by atoms with Gasteiger partial charge in [0.05, 0.1) is 17.1 Å². The van der Waals surface area contributed by atoms with Crippen molar-refractivity contribution in [2.45, 2.75) is 13.0 Å². The molecule has 0 radical (unpaired) electrons. The first-order chi connectivity index (χ1) is 7.99. The Morgan fingerprint density at radius 3 is 2.47 bits per heavy atom. The summed E-state index contributed by atoms with van der Waals surface area (Å²) < 4.78 is 0. The number of carbonyl (C=O) groups is 1. The number of ketones is 1. The zero-order valence-corrected chi connectivity index (χ0v) is 10.1. The van der Waals surface area contributed by atoms with Crippen LogP contribution in [0.1, 0.15) is 18.5 Å². The quantitative estimate of drug-likeness (QED) is 0.832. The monoisotopic (exact) mass is 233 g/mol. The highest BCUT2D eigenvalue weighted by Crippen LogP contribution is 2.21. The van der Waals surface area contributed by atoms with Gasteiger partial charge in [-0.05, 0) is 38.7 Å². The Morgan fingerprint density at radius 1 is 1.24 bits per heavy atom. The van der Waals surface area contributed by atoms with E-state index in [9.17, 15) is 9.59 Å². The summed E-state index contributed by atoms with van der Waals surface area (Å²) >= 11 is 0. The number of fused-ring (bicyclic) bond motifs is 1. The number of nitrogens with zero attached hydrogens (tertiary/aromatic N) is 1. The first-order valence-electron chi connectivity index (χ1n) is 5.38. The van der Waals surface area contributed by atoms with Crippen LogP contribution in [-0.4, -0.2) is 34.7 Å². The number of aromatic amines is 2. The second-order valence-corrected chi connectivity index (χ2v) is 4.36. The lowest BCUT2D eigenvalue weighted by molar-refractivity contribution is -0.121. The molecule has 1 unspecified atom stereocenters. The van der Waals surface area contributed by atoms with E-state index in [0.29, 0.717) is 0 Å². The van der Waals surface area contributed by atoms with Crippen molar-refractivity contribution in [3.63, 3.8) is 0 Å². The number of carbonyl (C=O) groups excluding carboxylic acids is 1. The van der Waals surface area contributed by atoms with Crippen LogP contribution >= 0.6 is 0 Å². The van der Waals surface area contributed by atoms with E-state index in [0.717, 1.165) is 16.6 Å². The molecule has 0 amide bonds. The van der Waals surface area contributed by atoms with Gasteiger partial charge in [0.25, 0.3) is 0 Å². The molecule has 2 aromatic rings. The van der Waals surface area contributed by atoms with E-state index in [1.54, 1.807) is 6.92 Å². The lowest BCUT2D eigenvalue weighted by Crippen LogP contribution is -2.25. The van der Waals surface area contributed by atoms with Crippen molar-refractivity contribution in [1.29, 1.82) is 0 Å². The number of rotatable bonds is 3. The highest BCUT2D eigenvalue weighted by Gasteiger charge is 2.19. The standard InChI is InChI=1S/C12H15N3O2/c1-7(16)11(15(2)3)8-4-5-9-10(6-8)14-12(17)13-9/h4-6,11H,1-3H3,(H2,13,14,17). The fourth-order valence-corrected chi connectivity index (χ4v) is 2.12. The number of Topliss-reactive ketones (excluding diaryl/α,β-unsaturated/α-hetero) is 1. The Morgan fingerprint density at radius 2 is 1.88 bits per heavy atom. The zero-order chi connectivity index (χ0) is 12.6. The molecule has 1 atom stereocenters. The molecule has 1 heterocycles. The number of nitrogens with one attached hydrogen (secondary N) is 2. The minimum Gasteiger partial charge on any atom is -0.306 e. The lowest BCUT2D eigenvalue weighted by Gasteiger charge is -2.21. The molecule has 0 aliphatic heterocycles. The molecule has 0 spiro atoms. The summed E-state index contributed by atoms with van der Waals surface area (Å²) in [7, 11) is 3.71. The van der Waals surface area contributed by atoms with Crippen molar-refractivity contribution in [3.05, 3.63) is 34.2 Å². The van der Waals surface area contributed by atoms with Crippen molar-refractivity contribution in [1.82, 2.24) is 14.9 Å². The van der Waals surface area contributed by atoms with Gasteiger partial charge in [0.2, 0.25) is 0 Å². The van der Waals surface area contributed by atoms with Crippen LogP contribution in [0.25, 0.3) is 11.0 Å². The van der Waals surface area contributed by atoms with Crippen LogP contribution in [0.4, 0.5) is 0 Å². The maximum absolute atomic E-state index is 11.6. The van der Waals surface area contributed by atoms with Crippen LogP contribution in [0.3, 0.4) is 0 Å². The third-order valence-electron chi connectivity index (χ3n) is 2.76. The van der Waals surface area contributed by atoms with E-state index < -0.39 is 0 Å². The minimum atomic E-state index is -0.280. The molecule has 2 N–H and O–H groups in total. The van der Waals surface area contributed by atoms with E-state index in [1.165, 1.54) is 0 Å². The maximum atomic E-state index is 11.6. The van der Waals surface area contributed by atoms with Gasteiger partial charge in [-0.1, -0.05) is 6.07 Å². The number of benzene rings is 1. The molecule has 1 aromatic heterocycles. The molecule has 0 bridgehead atoms. The summed E-state index contributed by atoms with van der Waals surface area (Å²) in [6, 6.07) is 5.22. The third kappa shape index (κ3) is 2.14. The minimum absolute atomic E-state index is 0.0761. The van der Waals surface area contributed by atoms with Crippen LogP contribution in [-0.2, 0) is 4.79 Å². The van der Waals surface area contributed by atoms with Crippen molar-refractivity contribution in [2.75, 3.05) is 14.1 Å². The highest BCUT2D eigenvalue weighted by atomic mass is 16.1. The van der Waals surface area contributed by atoms with Gasteiger partial charge in [0.1, 0.15) is 0 Å². The molecule has 5 heteroatoms. The number of H-pyrrole nitrogens is 2. The summed E-state index contributed by atoms with van der Waals surface area (Å²) in [5.74, 6) is 0.0761. The van der Waals surface area contributed by atoms with Gasteiger partial charge in [-0.25, -0.2) is 4.79 Å². The number of aromatic nitrogens is 2. The third-order valence-corrected chi connectivity index (χ3v) is 2.76. The zero-order valence-electron chi connectivity index (χ0n) is 10.1. The Labute approximate surface area is 98.4 Å². The first kappa shape index (κ1) is 11.6. The number of likely N-dealkylation sites (N-methyl/N-ethyl adjacent to an activating group) is 1. The summed E-state index contributed by atoms with van der Waals surface area (Å²) in [6.45, 7) is 1.56. The van der Waals surface area contributed by atoms with Crippen molar-refractivity contribution < 1.29 is 4.79 Å². The number of hydrogen-bond donors (Lipinski definition) is 2. The van der Waals surface area contributed by atoms with Crippen molar-refractivity contribution in [2.24, 2.45) is 0 Å². The molecular weight excluding hydrogens is 218 g/mol. The van der Waals surface area contributed by atoms with Gasteiger partial charge in [-0.2, -0.15) is 0 Å². The Bertz CT molecular complexity index is 609. The van der Waals surface area contributed by atoms with Crippen LogP contribution in [0, 0.1) is 0 Å². The van der Waals surface area contributed by atoms with Gasteiger partial charge in [-0.3, -0.25) is 9.69 Å². The predicted molar refractivity (Wildman–Crippen MR) is 66.0 cm³/mol. The van der Waals surface area contributed by atoms with Crippen LogP contribution < -0.4 is 5.69 Å². The molecule has 17 heavy (non-hydrogen) atoms. The van der Waals surface area contributed by atoms with Gasteiger partial charge in [0, 0.05) is 0 Å². The Kier molecular flexibility index (Phi) is 2.85. The fraction of sp³-hybridized carbons (Fsp3) is 0.333. The molecule has 0 aliphatic carbocycles. The predicted octanol–water partition coefficient (Wildman–Crippen LogP) is 1.05. The Hall–Kier alpha value is -1.88. The van der Waals surface area contributed by atoms with Gasteiger partial charge in [0.15, 0.2) is 5.78 Å². The van der Waals surface area contributed by atoms with Crippen LogP contribution in [0.15, 0.2) is 23.0 Å². The molecule has 0 aliphatic rings. The van der Waals surface area contributed by atoms with Crippen LogP contribution in [0.5, 0.6) is 0 Å². The number of hydrogen-bond acceptors (Lipinski definition) is 3. The number of imidazole rings is 1. The summed E-state index contributed by atoms with van der Waals surface area (Å²) in [6.07, 6.45) is 0. The second-order valence-electron chi connectivity index (χ2n) is 4.36. The van der Waals surface area contributed by atoms with Gasteiger partial charge >= 0.3 is 5.69 Å². The smallest absolute Gasteiger partial charge is 0.306 e. The first-order valence-corrected chi connectivity index (χ1v) is 5.38. The molecule has 2 rings (SSSR count). The van der Waals surface area contributed by atoms with E-state index >= 15 is 0 Å². The largest absolute Gasteiger partial charge is 0.323 e. The average Bonchev–Trinajstić information content (AvgIpc) is 2.56. The average molecular weight is 233 g/mol. The van der Waals surface area contributed by atoms with Gasteiger partial charge < -0.3 is 9.97 Å². The lowest BCUT2D eigenvalue weighted by atomic mass is 10.0. The van der Waals surface area contributed by atoms with E-state index in [-0.39, 0.29) is 17.5 Å². The normalized spacial score (nSPS) is 13.2. The topological polar surface area (TPSA) is 69.0 Å². The van der Waals surface area contributed by atoms with E-state index in [4.69, 9.17) is 0 Å². The summed E-state index contributed by atoms with van der Waals surface area (Å²) in [4.78, 5) is 30.0. The SMILES string of the molecule is CC(=O)C(c1ccc2[nH]c(=O)[nH]c2c1)N(C)C. The molecule has 1 aromatic carbocycles. The maximum Gasteiger partial charge on any atom is 0.323 e. The molecule has 0 saturated carbocycles. The Balaban J connectivity index is 2.54. The molecule has 90 valence electrons. The van der Waals surface area contributed by atoms with E-state index in [2.05, 4.69) is 9.97 Å².